The largest absolute Gasteiger partial charge is 1.00 e. The molecule has 0 bridgehead atoms. The molecule has 0 aromatic rings. The van der Waals surface area contributed by atoms with Crippen molar-refractivity contribution in [2.24, 2.45) is 0 Å². The summed E-state index contributed by atoms with van der Waals surface area (Å²) in [6, 6.07) is 0. The fourth-order valence-electron chi connectivity index (χ4n) is 1.00. The van der Waals surface area contributed by atoms with Crippen molar-refractivity contribution in [1.29, 1.82) is 0 Å². The Morgan fingerprint density at radius 2 is 2.33 bits per heavy atom. The molecule has 1 rings (SSSR count). The van der Waals surface area contributed by atoms with Crippen LogP contribution in [0.4, 0.5) is 0 Å². The quantitative estimate of drug-likeness (QED) is 0.458. The van der Waals surface area contributed by atoms with E-state index < -0.39 is 0 Å². The standard InChI is InChI=1S/C8H11.Ru/c1-3-8-6-4-5-7(8)2;/h6H,3-4H2,1-2H3;/q-1;+1. The molecule has 51 valence electrons. The first-order valence-electron chi connectivity index (χ1n) is 3.11. The molecule has 0 amide bonds. The van der Waals surface area contributed by atoms with E-state index in [-0.39, 0.29) is 19.5 Å². The van der Waals surface area contributed by atoms with E-state index in [0.29, 0.717) is 0 Å². The summed E-state index contributed by atoms with van der Waals surface area (Å²) in [6.07, 6.45) is 7.69. The van der Waals surface area contributed by atoms with Crippen LogP contribution in [-0.2, 0) is 19.5 Å². The Morgan fingerprint density at radius 1 is 1.67 bits per heavy atom. The van der Waals surface area contributed by atoms with Crippen LogP contribution >= 0.6 is 0 Å². The normalized spacial score (nSPS) is 16.2. The molecule has 1 aliphatic carbocycles. The van der Waals surface area contributed by atoms with Crippen LogP contribution < -0.4 is 0 Å². The van der Waals surface area contributed by atoms with Crippen molar-refractivity contribution in [2.75, 3.05) is 0 Å². The van der Waals surface area contributed by atoms with Crippen LogP contribution in [0, 0.1) is 6.08 Å². The van der Waals surface area contributed by atoms with Crippen molar-refractivity contribution >= 4 is 0 Å². The SMILES string of the molecule is CCC1=CC[C-]=C1C.[Ru+]. The minimum Gasteiger partial charge on any atom is -0.269 e. The second-order valence-corrected chi connectivity index (χ2v) is 2.09. The van der Waals surface area contributed by atoms with Gasteiger partial charge in [0.2, 0.25) is 0 Å². The maximum atomic E-state index is 3.24. The summed E-state index contributed by atoms with van der Waals surface area (Å²) in [7, 11) is 0. The average Bonchev–Trinajstić information content (AvgIpc) is 2.14. The van der Waals surface area contributed by atoms with Crippen LogP contribution in [0.25, 0.3) is 0 Å². The maximum Gasteiger partial charge on any atom is 1.00 e. The molecule has 0 saturated carbocycles. The van der Waals surface area contributed by atoms with Gasteiger partial charge in [-0.15, -0.1) is 6.42 Å². The first-order valence-corrected chi connectivity index (χ1v) is 3.11. The van der Waals surface area contributed by atoms with E-state index in [1.165, 1.54) is 17.6 Å². The van der Waals surface area contributed by atoms with Gasteiger partial charge in [-0.1, -0.05) is 20.3 Å². The van der Waals surface area contributed by atoms with Gasteiger partial charge in [0.05, 0.1) is 0 Å². The summed E-state index contributed by atoms with van der Waals surface area (Å²) in [5.74, 6) is 0. The molecule has 9 heavy (non-hydrogen) atoms. The monoisotopic (exact) mass is 209 g/mol. The molecule has 0 N–H and O–H groups in total. The maximum absolute atomic E-state index is 3.24. The van der Waals surface area contributed by atoms with Gasteiger partial charge in [0.1, 0.15) is 0 Å². The van der Waals surface area contributed by atoms with Gasteiger partial charge in [0.15, 0.2) is 0 Å². The predicted molar refractivity (Wildman–Crippen MR) is 35.4 cm³/mol. The third-order valence-electron chi connectivity index (χ3n) is 1.58. The van der Waals surface area contributed by atoms with Gasteiger partial charge in [-0.3, -0.25) is 6.08 Å². The van der Waals surface area contributed by atoms with Crippen molar-refractivity contribution in [3.63, 3.8) is 0 Å². The molecule has 0 aromatic heterocycles. The molecule has 0 heterocycles. The van der Waals surface area contributed by atoms with Gasteiger partial charge >= 0.3 is 19.5 Å². The molecule has 0 unspecified atom stereocenters. The van der Waals surface area contributed by atoms with Crippen LogP contribution in [0.3, 0.4) is 0 Å². The number of hydrogen-bond donors (Lipinski definition) is 0. The Hall–Kier alpha value is 0.103. The Kier molecular flexibility index (Phi) is 4.05. The molecule has 0 spiro atoms. The molecule has 0 aliphatic heterocycles. The van der Waals surface area contributed by atoms with Crippen LogP contribution in [0.15, 0.2) is 17.2 Å². The first-order chi connectivity index (χ1) is 3.84. The first kappa shape index (κ1) is 9.10. The van der Waals surface area contributed by atoms with E-state index in [1.54, 1.807) is 0 Å². The van der Waals surface area contributed by atoms with E-state index in [2.05, 4.69) is 26.0 Å². The van der Waals surface area contributed by atoms with Crippen molar-refractivity contribution in [1.82, 2.24) is 0 Å². The Bertz CT molecular complexity index is 143. The molecule has 0 fully saturated rings. The van der Waals surface area contributed by atoms with Gasteiger partial charge in [-0.2, -0.15) is 11.6 Å². The van der Waals surface area contributed by atoms with Crippen LogP contribution in [0.2, 0.25) is 0 Å². The molecule has 0 saturated heterocycles. The van der Waals surface area contributed by atoms with Gasteiger partial charge in [-0.25, -0.2) is 5.57 Å². The molecule has 1 heteroatoms. The van der Waals surface area contributed by atoms with E-state index >= 15 is 0 Å². The van der Waals surface area contributed by atoms with Crippen LogP contribution in [-0.4, -0.2) is 0 Å². The minimum absolute atomic E-state index is 0. The van der Waals surface area contributed by atoms with E-state index in [1.807, 2.05) is 0 Å². The minimum atomic E-state index is 0. The molecule has 0 aromatic carbocycles. The summed E-state index contributed by atoms with van der Waals surface area (Å²) in [4.78, 5) is 0. The molecular formula is C8H11Ru. The fourth-order valence-corrected chi connectivity index (χ4v) is 1.00. The zero-order valence-corrected chi connectivity index (χ0v) is 7.58. The number of allylic oxidation sites excluding steroid dienone is 4. The molecule has 1 radical (unpaired) electrons. The van der Waals surface area contributed by atoms with Crippen molar-refractivity contribution in [3.05, 3.63) is 23.3 Å². The fraction of sp³-hybridized carbons (Fsp3) is 0.500. The smallest absolute Gasteiger partial charge is 0.269 e. The third kappa shape index (κ3) is 2.06. The third-order valence-corrected chi connectivity index (χ3v) is 1.58. The zero-order chi connectivity index (χ0) is 5.98. The summed E-state index contributed by atoms with van der Waals surface area (Å²) in [5, 5.41) is 0. The summed E-state index contributed by atoms with van der Waals surface area (Å²) in [6.45, 7) is 4.31. The second-order valence-electron chi connectivity index (χ2n) is 2.09. The van der Waals surface area contributed by atoms with Gasteiger partial charge < -0.3 is 0 Å². The molecule has 1 aliphatic rings. The molecule has 0 nitrogen and oxygen atoms in total. The average molecular weight is 208 g/mol. The second kappa shape index (κ2) is 4.01. The van der Waals surface area contributed by atoms with E-state index in [4.69, 9.17) is 0 Å². The number of hydrogen-bond acceptors (Lipinski definition) is 0. The van der Waals surface area contributed by atoms with Crippen molar-refractivity contribution < 1.29 is 19.5 Å². The Balaban J connectivity index is 0.000000640. The van der Waals surface area contributed by atoms with Crippen molar-refractivity contribution in [3.8, 4) is 0 Å². The van der Waals surface area contributed by atoms with Gasteiger partial charge in [0, 0.05) is 0 Å². The Labute approximate surface area is 69.8 Å². The summed E-state index contributed by atoms with van der Waals surface area (Å²) in [5.41, 5.74) is 2.83. The predicted octanol–water partition coefficient (Wildman–Crippen LogP) is 2.47. The van der Waals surface area contributed by atoms with E-state index in [9.17, 15) is 0 Å². The van der Waals surface area contributed by atoms with Gasteiger partial charge in [0.25, 0.3) is 0 Å². The molecular weight excluding hydrogens is 197 g/mol. The van der Waals surface area contributed by atoms with E-state index in [0.717, 1.165) is 6.42 Å². The van der Waals surface area contributed by atoms with Crippen molar-refractivity contribution in [2.45, 2.75) is 26.7 Å². The number of rotatable bonds is 1. The summed E-state index contributed by atoms with van der Waals surface area (Å²) >= 11 is 0. The Morgan fingerprint density at radius 3 is 2.56 bits per heavy atom. The summed E-state index contributed by atoms with van der Waals surface area (Å²) < 4.78 is 0. The van der Waals surface area contributed by atoms with Crippen LogP contribution in [0.5, 0.6) is 0 Å². The molecule has 0 atom stereocenters. The van der Waals surface area contributed by atoms with Gasteiger partial charge in [-0.05, 0) is 0 Å². The zero-order valence-electron chi connectivity index (χ0n) is 5.85. The topological polar surface area (TPSA) is 0 Å². The van der Waals surface area contributed by atoms with Crippen LogP contribution in [0.1, 0.15) is 26.7 Å².